The largest absolute Gasteiger partial charge is 0.353 e. The lowest BCUT2D eigenvalue weighted by molar-refractivity contribution is -0.134. The maximum Gasteiger partial charge on any atom is 0.227 e. The maximum atomic E-state index is 12.3. The van der Waals surface area contributed by atoms with Crippen LogP contribution >= 0.6 is 0 Å². The minimum atomic E-state index is -0.123. The molecule has 1 heterocycles. The van der Waals surface area contributed by atoms with E-state index in [1.54, 1.807) is 4.90 Å². The van der Waals surface area contributed by atoms with Crippen molar-refractivity contribution in [3.05, 3.63) is 0 Å². The number of hydrogen-bond acceptors (Lipinski definition) is 3. The van der Waals surface area contributed by atoms with Gasteiger partial charge in [-0.05, 0) is 26.3 Å². The van der Waals surface area contributed by atoms with Gasteiger partial charge in [-0.15, -0.1) is 0 Å². The van der Waals surface area contributed by atoms with Gasteiger partial charge >= 0.3 is 0 Å². The highest BCUT2D eigenvalue weighted by atomic mass is 16.2. The van der Waals surface area contributed by atoms with E-state index in [-0.39, 0.29) is 23.8 Å². The molecule has 2 amide bonds. The third-order valence-electron chi connectivity index (χ3n) is 4.36. The second-order valence-corrected chi connectivity index (χ2v) is 5.97. The van der Waals surface area contributed by atoms with E-state index in [0.29, 0.717) is 6.42 Å². The summed E-state index contributed by atoms with van der Waals surface area (Å²) < 4.78 is 0. The zero-order valence-electron chi connectivity index (χ0n) is 12.2. The monoisotopic (exact) mass is 267 g/mol. The van der Waals surface area contributed by atoms with Crippen molar-refractivity contribution in [1.29, 1.82) is 0 Å². The third kappa shape index (κ3) is 3.69. The number of carbonyl (C=O) groups excluding carboxylic acids is 2. The van der Waals surface area contributed by atoms with Crippen LogP contribution in [0.25, 0.3) is 0 Å². The minimum Gasteiger partial charge on any atom is -0.353 e. The van der Waals surface area contributed by atoms with Crippen LogP contribution < -0.4 is 5.32 Å². The predicted octanol–water partition coefficient (Wildman–Crippen LogP) is 0.454. The van der Waals surface area contributed by atoms with Gasteiger partial charge in [-0.3, -0.25) is 9.59 Å². The number of rotatable bonds is 6. The molecule has 2 aliphatic rings. The van der Waals surface area contributed by atoms with Crippen molar-refractivity contribution in [1.82, 2.24) is 15.1 Å². The SMILES string of the molecule is C[C@H](C(=O)N(C)CCN(C)C1CC1)[C@@H]1CCC(=O)N1. The van der Waals surface area contributed by atoms with Gasteiger partial charge in [0.2, 0.25) is 11.8 Å². The van der Waals surface area contributed by atoms with Crippen molar-refractivity contribution in [2.45, 2.75) is 44.7 Å². The lowest BCUT2D eigenvalue weighted by atomic mass is 9.99. The highest BCUT2D eigenvalue weighted by molar-refractivity contribution is 5.83. The Balaban J connectivity index is 1.75. The summed E-state index contributed by atoms with van der Waals surface area (Å²) in [5.74, 6) is 0.0832. The number of likely N-dealkylation sites (N-methyl/N-ethyl adjacent to an activating group) is 2. The van der Waals surface area contributed by atoms with Gasteiger partial charge in [0.1, 0.15) is 0 Å². The summed E-state index contributed by atoms with van der Waals surface area (Å²) >= 11 is 0. The Morgan fingerprint density at radius 2 is 2.00 bits per heavy atom. The van der Waals surface area contributed by atoms with Gasteiger partial charge in [-0.2, -0.15) is 0 Å². The maximum absolute atomic E-state index is 12.3. The minimum absolute atomic E-state index is 0.0172. The molecule has 0 aromatic carbocycles. The Bertz CT molecular complexity index is 355. The molecule has 0 aromatic rings. The van der Waals surface area contributed by atoms with E-state index in [4.69, 9.17) is 0 Å². The molecule has 5 nitrogen and oxygen atoms in total. The summed E-state index contributed by atoms with van der Waals surface area (Å²) in [5, 5.41) is 2.89. The summed E-state index contributed by atoms with van der Waals surface area (Å²) in [7, 11) is 3.98. The zero-order chi connectivity index (χ0) is 14.0. The molecule has 0 unspecified atom stereocenters. The van der Waals surface area contributed by atoms with E-state index in [1.807, 2.05) is 14.0 Å². The number of hydrogen-bond donors (Lipinski definition) is 1. The lowest BCUT2D eigenvalue weighted by Crippen LogP contribution is -2.44. The number of nitrogens with zero attached hydrogens (tertiary/aromatic N) is 2. The summed E-state index contributed by atoms with van der Waals surface area (Å²) in [6, 6.07) is 0.749. The van der Waals surface area contributed by atoms with E-state index in [1.165, 1.54) is 12.8 Å². The molecule has 1 saturated heterocycles. The zero-order valence-corrected chi connectivity index (χ0v) is 12.2. The molecule has 19 heavy (non-hydrogen) atoms. The Labute approximate surface area is 115 Å². The van der Waals surface area contributed by atoms with Crippen LogP contribution in [0.1, 0.15) is 32.6 Å². The van der Waals surface area contributed by atoms with E-state index in [2.05, 4.69) is 17.3 Å². The molecule has 0 bridgehead atoms. The van der Waals surface area contributed by atoms with Crippen LogP contribution in [0, 0.1) is 5.92 Å². The van der Waals surface area contributed by atoms with Crippen LogP contribution in [0.3, 0.4) is 0 Å². The average molecular weight is 267 g/mol. The molecule has 2 fully saturated rings. The Morgan fingerprint density at radius 3 is 2.53 bits per heavy atom. The van der Waals surface area contributed by atoms with Crippen molar-refractivity contribution >= 4 is 11.8 Å². The van der Waals surface area contributed by atoms with Crippen molar-refractivity contribution in [3.63, 3.8) is 0 Å². The highest BCUT2D eigenvalue weighted by Crippen LogP contribution is 2.25. The van der Waals surface area contributed by atoms with Crippen LogP contribution in [-0.4, -0.2) is 60.9 Å². The molecule has 1 aliphatic heterocycles. The van der Waals surface area contributed by atoms with Gasteiger partial charge in [0.25, 0.3) is 0 Å². The summed E-state index contributed by atoms with van der Waals surface area (Å²) in [6.07, 6.45) is 3.91. The molecule has 0 aromatic heterocycles. The van der Waals surface area contributed by atoms with Crippen molar-refractivity contribution < 1.29 is 9.59 Å². The summed E-state index contributed by atoms with van der Waals surface area (Å²) in [4.78, 5) is 27.6. The Hall–Kier alpha value is -1.10. The standard InChI is InChI=1S/C14H25N3O2/c1-10(12-6-7-13(18)15-12)14(19)17(3)9-8-16(2)11-4-5-11/h10-12H,4-9H2,1-3H3,(H,15,18)/t10-,12-/m0/s1. The van der Waals surface area contributed by atoms with Crippen molar-refractivity contribution in [2.75, 3.05) is 27.2 Å². The van der Waals surface area contributed by atoms with Gasteiger partial charge < -0.3 is 15.1 Å². The van der Waals surface area contributed by atoms with Crippen LogP contribution in [0.5, 0.6) is 0 Å². The van der Waals surface area contributed by atoms with E-state index >= 15 is 0 Å². The van der Waals surface area contributed by atoms with Crippen LogP contribution in [0.4, 0.5) is 0 Å². The number of nitrogens with one attached hydrogen (secondary N) is 1. The fourth-order valence-corrected chi connectivity index (χ4v) is 2.65. The van der Waals surface area contributed by atoms with Gasteiger partial charge in [0, 0.05) is 38.6 Å². The number of amides is 2. The van der Waals surface area contributed by atoms with Crippen molar-refractivity contribution in [3.8, 4) is 0 Å². The third-order valence-corrected chi connectivity index (χ3v) is 4.36. The molecule has 108 valence electrons. The summed E-state index contributed by atoms with van der Waals surface area (Å²) in [5.41, 5.74) is 0. The highest BCUT2D eigenvalue weighted by Gasteiger charge is 2.32. The van der Waals surface area contributed by atoms with Crippen LogP contribution in [0.2, 0.25) is 0 Å². The fraction of sp³-hybridized carbons (Fsp3) is 0.857. The van der Waals surface area contributed by atoms with Gasteiger partial charge in [0.15, 0.2) is 0 Å². The first-order chi connectivity index (χ1) is 8.99. The molecule has 0 spiro atoms. The van der Waals surface area contributed by atoms with E-state index in [0.717, 1.165) is 25.6 Å². The molecule has 2 atom stereocenters. The quantitative estimate of drug-likeness (QED) is 0.760. The van der Waals surface area contributed by atoms with E-state index < -0.39 is 0 Å². The lowest BCUT2D eigenvalue weighted by Gasteiger charge is -2.27. The first-order valence-electron chi connectivity index (χ1n) is 7.23. The molecule has 2 rings (SSSR count). The topological polar surface area (TPSA) is 52.7 Å². The molecule has 1 saturated carbocycles. The van der Waals surface area contributed by atoms with Gasteiger partial charge in [0.05, 0.1) is 5.92 Å². The summed E-state index contributed by atoms with van der Waals surface area (Å²) in [6.45, 7) is 3.60. The molecule has 5 heteroatoms. The first-order valence-corrected chi connectivity index (χ1v) is 7.23. The Morgan fingerprint density at radius 1 is 1.32 bits per heavy atom. The molecule has 0 radical (unpaired) electrons. The van der Waals surface area contributed by atoms with Crippen LogP contribution in [0.15, 0.2) is 0 Å². The molecular formula is C14H25N3O2. The molecular weight excluding hydrogens is 242 g/mol. The molecule has 1 N–H and O–H groups in total. The molecule has 1 aliphatic carbocycles. The first kappa shape index (κ1) is 14.3. The smallest absolute Gasteiger partial charge is 0.227 e. The fourth-order valence-electron chi connectivity index (χ4n) is 2.65. The average Bonchev–Trinajstić information content (AvgIpc) is 3.16. The van der Waals surface area contributed by atoms with Gasteiger partial charge in [-0.25, -0.2) is 0 Å². The second-order valence-electron chi connectivity index (χ2n) is 5.97. The van der Waals surface area contributed by atoms with E-state index in [9.17, 15) is 9.59 Å². The second kappa shape index (κ2) is 5.90. The Kier molecular flexibility index (Phi) is 4.45. The van der Waals surface area contributed by atoms with Gasteiger partial charge in [-0.1, -0.05) is 6.92 Å². The predicted molar refractivity (Wildman–Crippen MR) is 73.6 cm³/mol. The number of carbonyl (C=O) groups is 2. The van der Waals surface area contributed by atoms with Crippen molar-refractivity contribution in [2.24, 2.45) is 5.92 Å². The normalized spacial score (nSPS) is 24.4. The van der Waals surface area contributed by atoms with Crippen LogP contribution in [-0.2, 0) is 9.59 Å².